The van der Waals surface area contributed by atoms with Crippen LogP contribution in [0.1, 0.15) is 5.56 Å². The number of rotatable bonds is 6. The van der Waals surface area contributed by atoms with Crippen molar-refractivity contribution in [3.8, 4) is 11.5 Å². The number of hydrogen-bond donors (Lipinski definition) is 1. The van der Waals surface area contributed by atoms with Crippen molar-refractivity contribution < 1.29 is 9.21 Å². The summed E-state index contributed by atoms with van der Waals surface area (Å²) in [7, 11) is 0. The highest BCUT2D eigenvalue weighted by molar-refractivity contribution is 9.10. The van der Waals surface area contributed by atoms with Crippen molar-refractivity contribution in [2.75, 3.05) is 11.1 Å². The molecule has 7 heteroatoms. The van der Waals surface area contributed by atoms with E-state index in [9.17, 15) is 4.79 Å². The van der Waals surface area contributed by atoms with Gasteiger partial charge in [0.05, 0.1) is 5.75 Å². The maximum absolute atomic E-state index is 11.9. The molecule has 0 saturated heterocycles. The molecule has 0 aliphatic rings. The molecule has 0 saturated carbocycles. The first-order valence-electron chi connectivity index (χ1n) is 7.22. The summed E-state index contributed by atoms with van der Waals surface area (Å²) in [5.74, 6) is 1.31. The molecule has 0 aliphatic carbocycles. The molecular formula is C17H14BrN3O2S. The average Bonchev–Trinajstić information content (AvgIpc) is 3.05. The second-order valence-corrected chi connectivity index (χ2v) is 6.85. The third-order valence-corrected chi connectivity index (χ3v) is 4.64. The smallest absolute Gasteiger partial charge is 0.322 e. The van der Waals surface area contributed by atoms with E-state index in [0.29, 0.717) is 11.6 Å². The van der Waals surface area contributed by atoms with Crippen LogP contribution in [0.25, 0.3) is 11.5 Å². The van der Waals surface area contributed by atoms with Crippen molar-refractivity contribution in [1.82, 2.24) is 10.2 Å². The maximum atomic E-state index is 11.9. The van der Waals surface area contributed by atoms with Gasteiger partial charge in [-0.1, -0.05) is 51.4 Å². The lowest BCUT2D eigenvalue weighted by atomic mass is 10.2. The van der Waals surface area contributed by atoms with E-state index in [1.165, 1.54) is 17.3 Å². The van der Waals surface area contributed by atoms with Crippen molar-refractivity contribution in [3.05, 3.63) is 64.6 Å². The highest BCUT2D eigenvalue weighted by atomic mass is 79.9. The lowest BCUT2D eigenvalue weighted by molar-refractivity contribution is -0.113. The van der Waals surface area contributed by atoms with E-state index in [2.05, 4.69) is 31.4 Å². The zero-order valence-electron chi connectivity index (χ0n) is 12.6. The lowest BCUT2D eigenvalue weighted by Crippen LogP contribution is -2.14. The number of benzene rings is 2. The maximum Gasteiger partial charge on any atom is 0.322 e. The number of carbonyl (C=O) groups excluding carboxylic acids is 1. The fraction of sp³-hybridized carbons (Fsp3) is 0.118. The molecule has 0 radical (unpaired) electrons. The Morgan fingerprint density at radius 2 is 1.83 bits per heavy atom. The molecule has 2 aromatic carbocycles. The van der Waals surface area contributed by atoms with Gasteiger partial charge in [0.25, 0.3) is 0 Å². The zero-order chi connectivity index (χ0) is 16.8. The first-order valence-corrected chi connectivity index (χ1v) is 9.16. The second kappa shape index (κ2) is 8.12. The van der Waals surface area contributed by atoms with Gasteiger partial charge < -0.3 is 4.42 Å². The van der Waals surface area contributed by atoms with Crippen LogP contribution >= 0.6 is 27.7 Å². The normalized spacial score (nSPS) is 10.5. The minimum atomic E-state index is -0.165. The van der Waals surface area contributed by atoms with Crippen LogP contribution in [-0.2, 0) is 10.5 Å². The van der Waals surface area contributed by atoms with E-state index in [-0.39, 0.29) is 11.9 Å². The van der Waals surface area contributed by atoms with Crippen LogP contribution in [0.15, 0.2) is 63.5 Å². The van der Waals surface area contributed by atoms with Gasteiger partial charge in [-0.2, -0.15) is 0 Å². The van der Waals surface area contributed by atoms with Crippen LogP contribution < -0.4 is 5.32 Å². The second-order valence-electron chi connectivity index (χ2n) is 4.95. The Hall–Kier alpha value is -2.12. The SMILES string of the molecule is O=C(CSCc1ccccc1)Nc1nnc(-c2ccc(Br)cc2)o1. The molecule has 1 N–H and O–H groups in total. The van der Waals surface area contributed by atoms with E-state index >= 15 is 0 Å². The highest BCUT2D eigenvalue weighted by Gasteiger charge is 2.11. The Balaban J connectivity index is 1.51. The zero-order valence-corrected chi connectivity index (χ0v) is 15.0. The quantitative estimate of drug-likeness (QED) is 0.661. The largest absolute Gasteiger partial charge is 0.403 e. The molecule has 0 spiro atoms. The third kappa shape index (κ3) is 4.69. The van der Waals surface area contributed by atoms with Gasteiger partial charge in [-0.05, 0) is 29.8 Å². The summed E-state index contributed by atoms with van der Waals surface area (Å²) in [5, 5.41) is 10.4. The number of aromatic nitrogens is 2. The topological polar surface area (TPSA) is 68.0 Å². The minimum Gasteiger partial charge on any atom is -0.403 e. The van der Waals surface area contributed by atoms with Gasteiger partial charge in [-0.3, -0.25) is 10.1 Å². The van der Waals surface area contributed by atoms with Crippen molar-refractivity contribution in [2.24, 2.45) is 0 Å². The van der Waals surface area contributed by atoms with Crippen molar-refractivity contribution in [2.45, 2.75) is 5.75 Å². The predicted molar refractivity (Wildman–Crippen MR) is 98.7 cm³/mol. The standard InChI is InChI=1S/C17H14BrN3O2S/c18-14-8-6-13(7-9-14)16-20-21-17(23-16)19-15(22)11-24-10-12-4-2-1-3-5-12/h1-9H,10-11H2,(H,19,21,22). The number of nitrogens with one attached hydrogen (secondary N) is 1. The Labute approximate surface area is 152 Å². The molecule has 122 valence electrons. The van der Waals surface area contributed by atoms with Crippen LogP contribution in [0.4, 0.5) is 6.01 Å². The molecule has 0 unspecified atom stereocenters. The van der Waals surface area contributed by atoms with E-state index in [4.69, 9.17) is 4.42 Å². The van der Waals surface area contributed by atoms with Gasteiger partial charge in [-0.15, -0.1) is 16.9 Å². The van der Waals surface area contributed by atoms with Crippen LogP contribution in [0.5, 0.6) is 0 Å². The number of nitrogens with zero attached hydrogens (tertiary/aromatic N) is 2. The van der Waals surface area contributed by atoms with E-state index < -0.39 is 0 Å². The van der Waals surface area contributed by atoms with Crippen LogP contribution in [0, 0.1) is 0 Å². The number of amides is 1. The Bertz CT molecular complexity index is 806. The molecule has 0 fully saturated rings. The fourth-order valence-electron chi connectivity index (χ4n) is 1.97. The van der Waals surface area contributed by atoms with Gasteiger partial charge in [0.15, 0.2) is 0 Å². The van der Waals surface area contributed by atoms with E-state index in [0.717, 1.165) is 15.8 Å². The van der Waals surface area contributed by atoms with Crippen LogP contribution in [0.2, 0.25) is 0 Å². The van der Waals surface area contributed by atoms with Crippen molar-refractivity contribution in [3.63, 3.8) is 0 Å². The molecular weight excluding hydrogens is 390 g/mol. The van der Waals surface area contributed by atoms with Gasteiger partial charge >= 0.3 is 6.01 Å². The van der Waals surface area contributed by atoms with Crippen molar-refractivity contribution >= 4 is 39.6 Å². The molecule has 0 aliphatic heterocycles. The summed E-state index contributed by atoms with van der Waals surface area (Å²) in [6.45, 7) is 0. The molecule has 24 heavy (non-hydrogen) atoms. The minimum absolute atomic E-state index is 0.109. The first-order chi connectivity index (χ1) is 11.7. The summed E-state index contributed by atoms with van der Waals surface area (Å²) >= 11 is 4.90. The molecule has 1 amide bonds. The first kappa shape index (κ1) is 16.7. The lowest BCUT2D eigenvalue weighted by Gasteiger charge is -2.01. The van der Waals surface area contributed by atoms with Crippen LogP contribution in [0.3, 0.4) is 0 Å². The Morgan fingerprint density at radius 1 is 1.08 bits per heavy atom. The molecule has 0 atom stereocenters. The highest BCUT2D eigenvalue weighted by Crippen LogP contribution is 2.22. The molecule has 5 nitrogen and oxygen atoms in total. The van der Waals surface area contributed by atoms with E-state index in [1.807, 2.05) is 54.6 Å². The summed E-state index contributed by atoms with van der Waals surface area (Å²) in [4.78, 5) is 11.9. The number of thioether (sulfide) groups is 1. The monoisotopic (exact) mass is 403 g/mol. The predicted octanol–water partition coefficient (Wildman–Crippen LogP) is 4.37. The number of carbonyl (C=O) groups is 1. The van der Waals surface area contributed by atoms with Gasteiger partial charge in [0.2, 0.25) is 11.8 Å². The van der Waals surface area contributed by atoms with Gasteiger partial charge in [-0.25, -0.2) is 0 Å². The molecule has 1 heterocycles. The van der Waals surface area contributed by atoms with E-state index in [1.54, 1.807) is 0 Å². The number of anilines is 1. The third-order valence-electron chi connectivity index (χ3n) is 3.11. The molecule has 3 aromatic rings. The molecule has 3 rings (SSSR count). The fourth-order valence-corrected chi connectivity index (χ4v) is 3.03. The average molecular weight is 404 g/mol. The summed E-state index contributed by atoms with van der Waals surface area (Å²) in [6.07, 6.45) is 0. The molecule has 1 aromatic heterocycles. The summed E-state index contributed by atoms with van der Waals surface area (Å²) in [6, 6.07) is 17.6. The van der Waals surface area contributed by atoms with Gasteiger partial charge in [0, 0.05) is 15.8 Å². The Morgan fingerprint density at radius 3 is 2.58 bits per heavy atom. The molecule has 0 bridgehead atoms. The summed E-state index contributed by atoms with van der Waals surface area (Å²) < 4.78 is 6.43. The van der Waals surface area contributed by atoms with Crippen LogP contribution in [-0.4, -0.2) is 21.9 Å². The Kier molecular flexibility index (Phi) is 5.66. The number of halogens is 1. The summed E-state index contributed by atoms with van der Waals surface area (Å²) in [5.41, 5.74) is 1.98. The van der Waals surface area contributed by atoms with Crippen molar-refractivity contribution in [1.29, 1.82) is 0 Å². The number of hydrogen-bond acceptors (Lipinski definition) is 5. The van der Waals surface area contributed by atoms with Gasteiger partial charge in [0.1, 0.15) is 0 Å².